The zero-order valence-electron chi connectivity index (χ0n) is 13.8. The number of ether oxygens (including phenoxy) is 2. The second-order valence-electron chi connectivity index (χ2n) is 4.83. The molecule has 0 amide bonds. The highest BCUT2D eigenvalue weighted by atomic mass is 79.9. The molecule has 0 saturated carbocycles. The molecule has 2 aromatic rings. The topological polar surface area (TPSA) is 93.1 Å². The smallest absolute Gasteiger partial charge is 0.321 e. The van der Waals surface area contributed by atoms with Crippen molar-refractivity contribution in [3.63, 3.8) is 0 Å². The lowest BCUT2D eigenvalue weighted by molar-refractivity contribution is -0.137. The van der Waals surface area contributed by atoms with Crippen LogP contribution in [0.4, 0.5) is 0 Å². The Hall–Kier alpha value is -2.54. The van der Waals surface area contributed by atoms with Crippen LogP contribution in [0.15, 0.2) is 48.5 Å². The molecule has 1 unspecified atom stereocenters. The van der Waals surface area contributed by atoms with E-state index in [9.17, 15) is 9.59 Å². The number of hydrogen-bond acceptors (Lipinski definition) is 4. The second kappa shape index (κ2) is 10.4. The zero-order valence-corrected chi connectivity index (χ0v) is 15.4. The quantitative estimate of drug-likeness (QED) is 0.707. The lowest BCUT2D eigenvalue weighted by Gasteiger charge is -2.09. The minimum absolute atomic E-state index is 0.00398. The molecule has 0 bridgehead atoms. The predicted molar refractivity (Wildman–Crippen MR) is 96.6 cm³/mol. The largest absolute Gasteiger partial charge is 0.496 e. The first-order valence-electron chi connectivity index (χ1n) is 7.24. The summed E-state index contributed by atoms with van der Waals surface area (Å²) in [5.74, 6) is -0.573. The Labute approximate surface area is 154 Å². The molecule has 0 aliphatic rings. The van der Waals surface area contributed by atoms with Gasteiger partial charge in [-0.2, -0.15) is 0 Å². The van der Waals surface area contributed by atoms with Gasteiger partial charge >= 0.3 is 11.9 Å². The Morgan fingerprint density at radius 2 is 1.48 bits per heavy atom. The van der Waals surface area contributed by atoms with Crippen LogP contribution in [0.5, 0.6) is 11.5 Å². The molecule has 2 aromatic carbocycles. The molecule has 0 heterocycles. The Balaban J connectivity index is 0.000000251. The summed E-state index contributed by atoms with van der Waals surface area (Å²) in [7, 11) is 3.04. The van der Waals surface area contributed by atoms with Gasteiger partial charge in [-0.3, -0.25) is 9.59 Å². The van der Waals surface area contributed by atoms with Crippen molar-refractivity contribution >= 4 is 27.9 Å². The molecule has 0 aromatic heterocycles. The Morgan fingerprint density at radius 1 is 0.960 bits per heavy atom. The van der Waals surface area contributed by atoms with Crippen molar-refractivity contribution in [3.05, 3.63) is 59.7 Å². The van der Waals surface area contributed by atoms with Crippen molar-refractivity contribution in [2.24, 2.45) is 0 Å². The molecule has 0 aliphatic heterocycles. The number of alkyl halides is 1. The van der Waals surface area contributed by atoms with E-state index in [-0.39, 0.29) is 6.42 Å². The van der Waals surface area contributed by atoms with E-state index in [0.29, 0.717) is 22.6 Å². The van der Waals surface area contributed by atoms with Crippen molar-refractivity contribution in [1.82, 2.24) is 0 Å². The lowest BCUT2D eigenvalue weighted by Crippen LogP contribution is -2.05. The van der Waals surface area contributed by atoms with Gasteiger partial charge in [0, 0.05) is 11.1 Å². The molecule has 0 spiro atoms. The summed E-state index contributed by atoms with van der Waals surface area (Å²) in [6, 6.07) is 14.1. The highest BCUT2D eigenvalue weighted by molar-refractivity contribution is 9.09. The molecule has 6 nitrogen and oxygen atoms in total. The summed E-state index contributed by atoms with van der Waals surface area (Å²) in [5, 5.41) is 17.3. The van der Waals surface area contributed by atoms with Crippen LogP contribution in [0, 0.1) is 0 Å². The lowest BCUT2D eigenvalue weighted by atomic mass is 10.1. The minimum Gasteiger partial charge on any atom is -0.496 e. The van der Waals surface area contributed by atoms with Crippen molar-refractivity contribution in [2.75, 3.05) is 14.2 Å². The summed E-state index contributed by atoms with van der Waals surface area (Å²) in [6.45, 7) is 0. The molecule has 2 rings (SSSR count). The summed E-state index contributed by atoms with van der Waals surface area (Å²) in [6.07, 6.45) is 0.00398. The van der Waals surface area contributed by atoms with Gasteiger partial charge in [0.15, 0.2) is 0 Å². The normalized spacial score (nSPS) is 10.8. The van der Waals surface area contributed by atoms with Gasteiger partial charge in [0.05, 0.1) is 20.6 Å². The number of carboxylic acid groups (broad SMARTS) is 2. The third-order valence-corrected chi connectivity index (χ3v) is 4.05. The van der Waals surface area contributed by atoms with Crippen LogP contribution in [0.25, 0.3) is 0 Å². The first-order chi connectivity index (χ1) is 11.9. The van der Waals surface area contributed by atoms with E-state index in [1.54, 1.807) is 42.5 Å². The van der Waals surface area contributed by atoms with E-state index < -0.39 is 16.8 Å². The van der Waals surface area contributed by atoms with Gasteiger partial charge in [0.1, 0.15) is 16.3 Å². The molecule has 0 aliphatic carbocycles. The molecule has 134 valence electrons. The number of rotatable bonds is 6. The number of methoxy groups -OCH3 is 2. The number of carbonyl (C=O) groups is 2. The second-order valence-corrected chi connectivity index (χ2v) is 5.74. The molecule has 2 N–H and O–H groups in total. The Kier molecular flexibility index (Phi) is 8.49. The number of carboxylic acids is 2. The predicted octanol–water partition coefficient (Wildman–Crippen LogP) is 3.54. The maximum Gasteiger partial charge on any atom is 0.321 e. The number of benzene rings is 2. The third kappa shape index (κ3) is 6.46. The highest BCUT2D eigenvalue weighted by Crippen LogP contribution is 2.30. The highest BCUT2D eigenvalue weighted by Gasteiger charge is 2.19. The molecule has 7 heteroatoms. The fourth-order valence-corrected chi connectivity index (χ4v) is 2.40. The molecule has 0 saturated heterocycles. The molecular formula is C18H19BrO6. The van der Waals surface area contributed by atoms with Crippen LogP contribution in [-0.4, -0.2) is 36.4 Å². The van der Waals surface area contributed by atoms with Crippen LogP contribution in [-0.2, 0) is 16.0 Å². The molecule has 0 radical (unpaired) electrons. The summed E-state index contributed by atoms with van der Waals surface area (Å²) in [5.41, 5.74) is 1.32. The van der Waals surface area contributed by atoms with Gasteiger partial charge in [0.2, 0.25) is 0 Å². The van der Waals surface area contributed by atoms with Crippen LogP contribution < -0.4 is 9.47 Å². The Morgan fingerprint density at radius 3 is 2.00 bits per heavy atom. The van der Waals surface area contributed by atoms with Crippen molar-refractivity contribution in [3.8, 4) is 11.5 Å². The maximum absolute atomic E-state index is 10.7. The van der Waals surface area contributed by atoms with Gasteiger partial charge in [-0.1, -0.05) is 52.3 Å². The average Bonchev–Trinajstić information content (AvgIpc) is 2.61. The van der Waals surface area contributed by atoms with Crippen LogP contribution >= 0.6 is 15.9 Å². The Bertz CT molecular complexity index is 716. The zero-order chi connectivity index (χ0) is 18.8. The van der Waals surface area contributed by atoms with Crippen molar-refractivity contribution < 1.29 is 29.3 Å². The minimum atomic E-state index is -0.926. The van der Waals surface area contributed by atoms with E-state index in [1.165, 1.54) is 14.2 Å². The summed E-state index contributed by atoms with van der Waals surface area (Å²) < 4.78 is 10.0. The van der Waals surface area contributed by atoms with Crippen LogP contribution in [0.1, 0.15) is 16.0 Å². The first-order valence-corrected chi connectivity index (χ1v) is 8.15. The van der Waals surface area contributed by atoms with Crippen LogP contribution in [0.3, 0.4) is 0 Å². The van der Waals surface area contributed by atoms with Crippen LogP contribution in [0.2, 0.25) is 0 Å². The molecule has 25 heavy (non-hydrogen) atoms. The number of para-hydroxylation sites is 2. The van der Waals surface area contributed by atoms with Crippen molar-refractivity contribution in [2.45, 2.75) is 11.2 Å². The van der Waals surface area contributed by atoms with Gasteiger partial charge in [-0.05, 0) is 12.1 Å². The maximum atomic E-state index is 10.7. The number of halogens is 1. The monoisotopic (exact) mass is 410 g/mol. The SMILES string of the molecule is COc1ccccc1C(Br)C(=O)O.COc1ccccc1CC(=O)O. The third-order valence-electron chi connectivity index (χ3n) is 3.16. The fourth-order valence-electron chi connectivity index (χ4n) is 2.02. The number of aliphatic carboxylic acids is 2. The van der Waals surface area contributed by atoms with E-state index in [2.05, 4.69) is 15.9 Å². The van der Waals surface area contributed by atoms with Gasteiger partial charge in [-0.25, -0.2) is 0 Å². The van der Waals surface area contributed by atoms with E-state index in [0.717, 1.165) is 0 Å². The van der Waals surface area contributed by atoms with Gasteiger partial charge < -0.3 is 19.7 Å². The fraction of sp³-hybridized carbons (Fsp3) is 0.222. The van der Waals surface area contributed by atoms with E-state index in [1.807, 2.05) is 6.07 Å². The van der Waals surface area contributed by atoms with Gasteiger partial charge in [0.25, 0.3) is 0 Å². The molecule has 1 atom stereocenters. The summed E-state index contributed by atoms with van der Waals surface area (Å²) >= 11 is 3.06. The standard InChI is InChI=1S/C9H9BrO3.C9H10O3/c1-13-7-5-3-2-4-6(7)8(10)9(11)12;1-12-8-5-3-2-4-7(8)6-9(10)11/h2-5,8H,1H3,(H,11,12);2-5H,6H2,1H3,(H,10,11). The molecule has 0 fully saturated rings. The average molecular weight is 411 g/mol. The van der Waals surface area contributed by atoms with E-state index >= 15 is 0 Å². The number of hydrogen-bond donors (Lipinski definition) is 2. The summed E-state index contributed by atoms with van der Waals surface area (Å²) in [4.78, 5) is 20.3. The first kappa shape index (κ1) is 20.5. The van der Waals surface area contributed by atoms with Crippen molar-refractivity contribution in [1.29, 1.82) is 0 Å². The van der Waals surface area contributed by atoms with E-state index in [4.69, 9.17) is 19.7 Å². The van der Waals surface area contributed by atoms with Gasteiger partial charge in [-0.15, -0.1) is 0 Å². The molecular weight excluding hydrogens is 392 g/mol.